The maximum absolute atomic E-state index is 12.6. The number of hydrogen-bond acceptors (Lipinski definition) is 5. The lowest BCUT2D eigenvalue weighted by molar-refractivity contribution is -0.142. The lowest BCUT2D eigenvalue weighted by Gasteiger charge is -2.32. The van der Waals surface area contributed by atoms with Gasteiger partial charge in [-0.05, 0) is 55.6 Å². The van der Waals surface area contributed by atoms with E-state index >= 15 is 0 Å². The van der Waals surface area contributed by atoms with Crippen molar-refractivity contribution >= 4 is 5.91 Å². The van der Waals surface area contributed by atoms with E-state index in [1.165, 1.54) is 5.56 Å². The van der Waals surface area contributed by atoms with Gasteiger partial charge in [-0.2, -0.15) is 0 Å². The van der Waals surface area contributed by atoms with Crippen LogP contribution in [0, 0.1) is 5.92 Å². The minimum absolute atomic E-state index is 0.0820. The summed E-state index contributed by atoms with van der Waals surface area (Å²) in [7, 11) is 1.69. The van der Waals surface area contributed by atoms with E-state index in [2.05, 4.69) is 22.3 Å². The number of para-hydroxylation sites is 1. The lowest BCUT2D eigenvalue weighted by Crippen LogP contribution is -2.40. The SMILES string of the molecule is COc1ccc(CN2CCC(CNC(=O)C3OCOc4ccccc43)CC2)cc1. The smallest absolute Gasteiger partial charge is 0.254 e. The summed E-state index contributed by atoms with van der Waals surface area (Å²) in [6, 6.07) is 15.8. The highest BCUT2D eigenvalue weighted by Gasteiger charge is 2.29. The fourth-order valence-corrected chi connectivity index (χ4v) is 3.98. The van der Waals surface area contributed by atoms with E-state index in [-0.39, 0.29) is 12.7 Å². The maximum atomic E-state index is 12.6. The maximum Gasteiger partial charge on any atom is 0.254 e. The first-order chi connectivity index (χ1) is 14.2. The number of hydrogen-bond donors (Lipinski definition) is 1. The second-order valence-corrected chi connectivity index (χ2v) is 7.66. The van der Waals surface area contributed by atoms with Crippen LogP contribution in [0.25, 0.3) is 0 Å². The standard InChI is InChI=1S/C23H28N2O4/c1-27-19-8-6-18(7-9-19)15-25-12-10-17(11-13-25)14-24-23(26)22-20-4-2-3-5-21(20)28-16-29-22/h2-9,17,22H,10-16H2,1H3,(H,24,26). The molecule has 0 saturated carbocycles. The van der Waals surface area contributed by atoms with Gasteiger partial charge in [0.25, 0.3) is 5.91 Å². The van der Waals surface area contributed by atoms with Gasteiger partial charge in [0.05, 0.1) is 7.11 Å². The number of carbonyl (C=O) groups is 1. The topological polar surface area (TPSA) is 60.0 Å². The Balaban J connectivity index is 1.22. The molecule has 1 saturated heterocycles. The number of piperidine rings is 1. The summed E-state index contributed by atoms with van der Waals surface area (Å²) in [4.78, 5) is 15.1. The van der Waals surface area contributed by atoms with E-state index in [0.29, 0.717) is 12.5 Å². The molecular formula is C23H28N2O4. The molecule has 2 aliphatic heterocycles. The number of likely N-dealkylation sites (tertiary alicyclic amines) is 1. The molecule has 154 valence electrons. The van der Waals surface area contributed by atoms with Gasteiger partial charge in [-0.15, -0.1) is 0 Å². The van der Waals surface area contributed by atoms with Crippen molar-refractivity contribution in [1.82, 2.24) is 10.2 Å². The molecule has 29 heavy (non-hydrogen) atoms. The largest absolute Gasteiger partial charge is 0.497 e. The normalized spacial score (nSPS) is 19.8. The van der Waals surface area contributed by atoms with Crippen LogP contribution in [-0.4, -0.2) is 44.3 Å². The van der Waals surface area contributed by atoms with Crippen molar-refractivity contribution in [3.63, 3.8) is 0 Å². The zero-order chi connectivity index (χ0) is 20.1. The molecule has 6 heteroatoms. The molecule has 1 amide bonds. The van der Waals surface area contributed by atoms with Crippen LogP contribution >= 0.6 is 0 Å². The molecule has 2 aliphatic rings. The van der Waals surface area contributed by atoms with E-state index < -0.39 is 6.10 Å². The lowest BCUT2D eigenvalue weighted by atomic mass is 9.96. The molecule has 4 rings (SSSR count). The van der Waals surface area contributed by atoms with Crippen LogP contribution in [0.2, 0.25) is 0 Å². The van der Waals surface area contributed by atoms with Crippen molar-refractivity contribution in [2.75, 3.05) is 33.5 Å². The third-order valence-electron chi connectivity index (χ3n) is 5.73. The number of fused-ring (bicyclic) bond motifs is 1. The van der Waals surface area contributed by atoms with Gasteiger partial charge in [-0.25, -0.2) is 0 Å². The summed E-state index contributed by atoms with van der Waals surface area (Å²) in [5.41, 5.74) is 2.10. The Bertz CT molecular complexity index is 816. The van der Waals surface area contributed by atoms with Gasteiger partial charge >= 0.3 is 0 Å². The second-order valence-electron chi connectivity index (χ2n) is 7.66. The van der Waals surface area contributed by atoms with E-state index in [4.69, 9.17) is 14.2 Å². The van der Waals surface area contributed by atoms with Gasteiger partial charge in [0.1, 0.15) is 11.5 Å². The summed E-state index contributed by atoms with van der Waals surface area (Å²) < 4.78 is 16.2. The average molecular weight is 396 g/mol. The Hall–Kier alpha value is -2.57. The molecule has 1 unspecified atom stereocenters. The molecule has 2 aromatic carbocycles. The van der Waals surface area contributed by atoms with Crippen molar-refractivity contribution in [3.05, 3.63) is 59.7 Å². The van der Waals surface area contributed by atoms with Crippen LogP contribution in [0.1, 0.15) is 30.1 Å². The quantitative estimate of drug-likeness (QED) is 0.813. The summed E-state index contributed by atoms with van der Waals surface area (Å²) in [5.74, 6) is 2.03. The number of nitrogens with zero attached hydrogens (tertiary/aromatic N) is 1. The van der Waals surface area contributed by atoms with Crippen LogP contribution in [0.4, 0.5) is 0 Å². The van der Waals surface area contributed by atoms with Crippen molar-refractivity contribution in [2.24, 2.45) is 5.92 Å². The zero-order valence-electron chi connectivity index (χ0n) is 16.8. The third kappa shape index (κ3) is 4.89. The van der Waals surface area contributed by atoms with Crippen LogP contribution in [-0.2, 0) is 16.1 Å². The van der Waals surface area contributed by atoms with Crippen molar-refractivity contribution in [2.45, 2.75) is 25.5 Å². The fourth-order valence-electron chi connectivity index (χ4n) is 3.98. The van der Waals surface area contributed by atoms with Crippen LogP contribution < -0.4 is 14.8 Å². The summed E-state index contributed by atoms with van der Waals surface area (Å²) in [5, 5.41) is 3.09. The first-order valence-corrected chi connectivity index (χ1v) is 10.2. The number of methoxy groups -OCH3 is 1. The molecule has 1 fully saturated rings. The second kappa shape index (κ2) is 9.29. The molecule has 0 aliphatic carbocycles. The van der Waals surface area contributed by atoms with E-state index in [1.807, 2.05) is 36.4 Å². The van der Waals surface area contributed by atoms with Crippen LogP contribution in [0.15, 0.2) is 48.5 Å². The molecular weight excluding hydrogens is 368 g/mol. The molecule has 2 heterocycles. The number of benzene rings is 2. The fraction of sp³-hybridized carbons (Fsp3) is 0.435. The Morgan fingerprint density at radius 3 is 2.66 bits per heavy atom. The minimum Gasteiger partial charge on any atom is -0.497 e. The predicted molar refractivity (Wildman–Crippen MR) is 110 cm³/mol. The molecule has 2 aromatic rings. The first-order valence-electron chi connectivity index (χ1n) is 10.2. The van der Waals surface area contributed by atoms with Gasteiger partial charge < -0.3 is 19.5 Å². The Kier molecular flexibility index (Phi) is 6.32. The summed E-state index contributed by atoms with van der Waals surface area (Å²) in [6.45, 7) is 3.85. The molecule has 6 nitrogen and oxygen atoms in total. The van der Waals surface area contributed by atoms with Crippen LogP contribution in [0.5, 0.6) is 11.5 Å². The van der Waals surface area contributed by atoms with Crippen molar-refractivity contribution < 1.29 is 19.0 Å². The molecule has 0 spiro atoms. The van der Waals surface area contributed by atoms with Crippen molar-refractivity contribution in [3.8, 4) is 11.5 Å². The summed E-state index contributed by atoms with van der Waals surface area (Å²) >= 11 is 0. The average Bonchev–Trinajstić information content (AvgIpc) is 2.78. The first kappa shape index (κ1) is 19.7. The number of rotatable bonds is 6. The van der Waals surface area contributed by atoms with Gasteiger partial charge in [-0.1, -0.05) is 30.3 Å². The highest BCUT2D eigenvalue weighted by Crippen LogP contribution is 2.31. The van der Waals surface area contributed by atoms with Crippen LogP contribution in [0.3, 0.4) is 0 Å². The van der Waals surface area contributed by atoms with E-state index in [9.17, 15) is 4.79 Å². The van der Waals surface area contributed by atoms with Gasteiger partial charge in [0, 0.05) is 18.7 Å². The molecule has 0 aromatic heterocycles. The Labute approximate surface area is 171 Å². The molecule has 0 radical (unpaired) electrons. The minimum atomic E-state index is -0.588. The Morgan fingerprint density at radius 1 is 1.14 bits per heavy atom. The monoisotopic (exact) mass is 396 g/mol. The van der Waals surface area contributed by atoms with E-state index in [1.54, 1.807) is 7.11 Å². The van der Waals surface area contributed by atoms with E-state index in [0.717, 1.165) is 49.5 Å². The number of amides is 1. The Morgan fingerprint density at radius 2 is 1.90 bits per heavy atom. The highest BCUT2D eigenvalue weighted by atomic mass is 16.7. The molecule has 1 N–H and O–H groups in total. The van der Waals surface area contributed by atoms with Gasteiger partial charge in [0.15, 0.2) is 12.9 Å². The number of carbonyl (C=O) groups excluding carboxylic acids is 1. The number of ether oxygens (including phenoxy) is 3. The zero-order valence-corrected chi connectivity index (χ0v) is 16.8. The highest BCUT2D eigenvalue weighted by molar-refractivity contribution is 5.83. The number of nitrogens with one attached hydrogen (secondary N) is 1. The summed E-state index contributed by atoms with van der Waals surface area (Å²) in [6.07, 6.45) is 1.58. The predicted octanol–water partition coefficient (Wildman–Crippen LogP) is 3.13. The third-order valence-corrected chi connectivity index (χ3v) is 5.73. The van der Waals surface area contributed by atoms with Gasteiger partial charge in [0.2, 0.25) is 0 Å². The van der Waals surface area contributed by atoms with Gasteiger partial charge in [-0.3, -0.25) is 9.69 Å². The molecule has 0 bridgehead atoms. The van der Waals surface area contributed by atoms with Crippen molar-refractivity contribution in [1.29, 1.82) is 0 Å². The molecule has 1 atom stereocenters.